The molecule has 0 saturated heterocycles. The molecule has 2 heterocycles. The number of fused-ring (bicyclic) bond motifs is 2. The Labute approximate surface area is 191 Å². The van der Waals surface area contributed by atoms with E-state index in [-0.39, 0.29) is 16.9 Å². The smallest absolute Gasteiger partial charge is 0.341 e. The minimum atomic E-state index is -4.58. The number of aryl methyl sites for hydroxylation is 1. The third-order valence-corrected chi connectivity index (χ3v) is 5.59. The van der Waals surface area contributed by atoms with Crippen LogP contribution in [0.1, 0.15) is 40.3 Å². The molecule has 172 valence electrons. The fraction of sp³-hybridized carbons (Fsp3) is 0.167. The van der Waals surface area contributed by atoms with Crippen molar-refractivity contribution in [1.82, 2.24) is 30.3 Å². The molecule has 0 aliphatic carbocycles. The highest BCUT2D eigenvalue weighted by Gasteiger charge is 2.34. The van der Waals surface area contributed by atoms with E-state index in [9.17, 15) is 18.0 Å². The zero-order valence-electron chi connectivity index (χ0n) is 18.0. The topological polar surface area (TPSA) is 88.5 Å². The van der Waals surface area contributed by atoms with Crippen LogP contribution in [0.5, 0.6) is 0 Å². The van der Waals surface area contributed by atoms with E-state index in [1.165, 1.54) is 6.07 Å². The van der Waals surface area contributed by atoms with Crippen molar-refractivity contribution in [3.8, 4) is 0 Å². The van der Waals surface area contributed by atoms with E-state index in [1.807, 2.05) is 37.3 Å². The van der Waals surface area contributed by atoms with E-state index >= 15 is 0 Å². The Balaban J connectivity index is 1.51. The number of hydrogen-bond acceptors (Lipinski definition) is 4. The highest BCUT2D eigenvalue weighted by atomic mass is 19.4. The van der Waals surface area contributed by atoms with Gasteiger partial charge in [0, 0.05) is 12.1 Å². The predicted octanol–water partition coefficient (Wildman–Crippen LogP) is 4.87. The minimum Gasteiger partial charge on any atom is -0.341 e. The van der Waals surface area contributed by atoms with E-state index < -0.39 is 18.0 Å². The van der Waals surface area contributed by atoms with Gasteiger partial charge in [-0.25, -0.2) is 9.67 Å². The second kappa shape index (κ2) is 8.29. The fourth-order valence-electron chi connectivity index (χ4n) is 3.91. The van der Waals surface area contributed by atoms with E-state index in [0.29, 0.717) is 23.2 Å². The van der Waals surface area contributed by atoms with Crippen LogP contribution in [0.3, 0.4) is 0 Å². The summed E-state index contributed by atoms with van der Waals surface area (Å²) < 4.78 is 41.0. The molecule has 1 atom stereocenters. The van der Waals surface area contributed by atoms with Gasteiger partial charge >= 0.3 is 6.18 Å². The summed E-state index contributed by atoms with van der Waals surface area (Å²) in [6, 6.07) is 18.5. The number of imidazole rings is 1. The van der Waals surface area contributed by atoms with Crippen LogP contribution in [0, 0.1) is 0 Å². The summed E-state index contributed by atoms with van der Waals surface area (Å²) in [7, 11) is 0. The van der Waals surface area contributed by atoms with Crippen LogP contribution in [-0.4, -0.2) is 30.9 Å². The van der Waals surface area contributed by atoms with Crippen LogP contribution >= 0.6 is 0 Å². The number of nitrogens with one attached hydrogen (secondary N) is 2. The van der Waals surface area contributed by atoms with Crippen molar-refractivity contribution in [2.45, 2.75) is 25.7 Å². The summed E-state index contributed by atoms with van der Waals surface area (Å²) >= 11 is 0. The monoisotopic (exact) mass is 464 g/mol. The lowest BCUT2D eigenvalue weighted by Crippen LogP contribution is -2.29. The van der Waals surface area contributed by atoms with Crippen LogP contribution in [0.25, 0.3) is 22.1 Å². The number of carbonyl (C=O) groups excluding carboxylic acids is 1. The highest BCUT2D eigenvalue weighted by Crippen LogP contribution is 2.30. The quantitative estimate of drug-likeness (QED) is 0.389. The Morgan fingerprint density at radius 2 is 1.82 bits per heavy atom. The number of carbonyl (C=O) groups is 1. The number of halogens is 3. The van der Waals surface area contributed by atoms with Gasteiger partial charge in [0.25, 0.3) is 5.91 Å². The maximum absolute atomic E-state index is 13.2. The number of aromatic nitrogens is 5. The van der Waals surface area contributed by atoms with Gasteiger partial charge in [0.2, 0.25) is 5.82 Å². The number of rotatable bonds is 5. The van der Waals surface area contributed by atoms with Crippen LogP contribution in [0.2, 0.25) is 0 Å². The first-order valence-electron chi connectivity index (χ1n) is 10.6. The van der Waals surface area contributed by atoms with Gasteiger partial charge in [-0.2, -0.15) is 13.2 Å². The number of hydrogen-bond donors (Lipinski definition) is 2. The van der Waals surface area contributed by atoms with Gasteiger partial charge < -0.3 is 10.3 Å². The average molecular weight is 464 g/mol. The van der Waals surface area contributed by atoms with Crippen LogP contribution in [0.15, 0.2) is 66.7 Å². The molecule has 2 N–H and O–H groups in total. The minimum absolute atomic E-state index is 0.193. The van der Waals surface area contributed by atoms with Gasteiger partial charge in [0.05, 0.1) is 22.6 Å². The zero-order valence-corrected chi connectivity index (χ0v) is 18.0. The number of amides is 1. The summed E-state index contributed by atoms with van der Waals surface area (Å²) in [5.41, 5.74) is 3.65. The van der Waals surface area contributed by atoms with Gasteiger partial charge in [0.1, 0.15) is 5.52 Å². The largest absolute Gasteiger partial charge is 0.449 e. The van der Waals surface area contributed by atoms with Crippen molar-refractivity contribution in [1.29, 1.82) is 0 Å². The molecule has 0 aliphatic rings. The highest BCUT2D eigenvalue weighted by molar-refractivity contribution is 5.97. The summed E-state index contributed by atoms with van der Waals surface area (Å²) in [5, 5.41) is 11.2. The number of nitrogens with zero attached hydrogens (tertiary/aromatic N) is 4. The maximum Gasteiger partial charge on any atom is 0.449 e. The van der Waals surface area contributed by atoms with Crippen LogP contribution in [0.4, 0.5) is 13.2 Å². The molecule has 5 rings (SSSR count). The lowest BCUT2D eigenvalue weighted by molar-refractivity contribution is -0.144. The Hall–Kier alpha value is -4.21. The molecule has 2 aromatic heterocycles. The van der Waals surface area contributed by atoms with E-state index in [2.05, 4.69) is 25.6 Å². The van der Waals surface area contributed by atoms with Crippen LogP contribution in [-0.2, 0) is 12.7 Å². The summed E-state index contributed by atoms with van der Waals surface area (Å²) in [6.45, 7) is 2.61. The number of alkyl halides is 3. The molecule has 0 bridgehead atoms. The molecule has 0 fully saturated rings. The second-order valence-electron chi connectivity index (χ2n) is 7.79. The molecule has 0 aliphatic heterocycles. The van der Waals surface area contributed by atoms with E-state index in [0.717, 1.165) is 11.1 Å². The third-order valence-electron chi connectivity index (χ3n) is 5.59. The SMILES string of the molecule is CCn1nnc2cc(C(=O)NC(c3ccccc3)c3ccc4nc(C(F)(F)F)[nH]c4c3)ccc21. The number of benzene rings is 3. The van der Waals surface area contributed by atoms with E-state index in [1.54, 1.807) is 35.0 Å². The van der Waals surface area contributed by atoms with Crippen molar-refractivity contribution in [3.05, 3.63) is 89.2 Å². The fourth-order valence-corrected chi connectivity index (χ4v) is 3.91. The Bertz CT molecular complexity index is 1490. The molecular formula is C24H19F3N6O. The van der Waals surface area contributed by atoms with Crippen molar-refractivity contribution in [2.75, 3.05) is 0 Å². The Morgan fingerprint density at radius 1 is 1.03 bits per heavy atom. The number of aromatic amines is 1. The predicted molar refractivity (Wildman–Crippen MR) is 120 cm³/mol. The first-order valence-corrected chi connectivity index (χ1v) is 10.6. The van der Waals surface area contributed by atoms with Gasteiger partial charge in [-0.1, -0.05) is 41.6 Å². The molecule has 5 aromatic rings. The van der Waals surface area contributed by atoms with Crippen molar-refractivity contribution < 1.29 is 18.0 Å². The van der Waals surface area contributed by atoms with Gasteiger partial charge in [-0.15, -0.1) is 5.10 Å². The van der Waals surface area contributed by atoms with Gasteiger partial charge in [-0.3, -0.25) is 4.79 Å². The standard InChI is InChI=1S/C24H19F3N6O/c1-2-33-20-11-9-16(13-19(20)31-32-33)22(34)30-21(14-6-4-3-5-7-14)15-8-10-17-18(12-15)29-23(28-17)24(25,26)27/h3-13,21H,2H2,1H3,(H,28,29)(H,30,34). The number of H-pyrrole nitrogens is 1. The second-order valence-corrected chi connectivity index (χ2v) is 7.79. The average Bonchev–Trinajstić information content (AvgIpc) is 3.46. The van der Waals surface area contributed by atoms with E-state index in [4.69, 9.17) is 0 Å². The summed E-state index contributed by atoms with van der Waals surface area (Å²) in [4.78, 5) is 19.1. The lowest BCUT2D eigenvalue weighted by Gasteiger charge is -2.20. The summed E-state index contributed by atoms with van der Waals surface area (Å²) in [5.74, 6) is -1.41. The maximum atomic E-state index is 13.2. The molecule has 1 amide bonds. The van der Waals surface area contributed by atoms with Crippen molar-refractivity contribution >= 4 is 28.0 Å². The lowest BCUT2D eigenvalue weighted by atomic mass is 9.97. The van der Waals surface area contributed by atoms with Crippen LogP contribution < -0.4 is 5.32 Å². The Kier molecular flexibility index (Phi) is 5.27. The molecule has 7 nitrogen and oxygen atoms in total. The molecule has 0 saturated carbocycles. The zero-order chi connectivity index (χ0) is 23.9. The third kappa shape index (κ3) is 3.98. The summed E-state index contributed by atoms with van der Waals surface area (Å²) in [6.07, 6.45) is -4.58. The molecule has 1 unspecified atom stereocenters. The first kappa shape index (κ1) is 21.6. The molecule has 0 radical (unpaired) electrons. The first-order chi connectivity index (χ1) is 16.3. The Morgan fingerprint density at radius 3 is 2.56 bits per heavy atom. The van der Waals surface area contributed by atoms with Crippen molar-refractivity contribution in [3.63, 3.8) is 0 Å². The molecule has 0 spiro atoms. The molecule has 3 aromatic carbocycles. The molecular weight excluding hydrogens is 445 g/mol. The van der Waals surface area contributed by atoms with Gasteiger partial charge in [-0.05, 0) is 48.4 Å². The normalized spacial score (nSPS) is 12.8. The van der Waals surface area contributed by atoms with Gasteiger partial charge in [0.15, 0.2) is 0 Å². The molecule has 34 heavy (non-hydrogen) atoms. The molecule has 10 heteroatoms. The van der Waals surface area contributed by atoms with Crippen molar-refractivity contribution in [2.24, 2.45) is 0 Å².